The zero-order valence-corrected chi connectivity index (χ0v) is 11.3. The fraction of sp³-hybridized carbons (Fsp3) is 0.462. The summed E-state index contributed by atoms with van der Waals surface area (Å²) in [6.07, 6.45) is 2.75. The lowest BCUT2D eigenvalue weighted by Crippen LogP contribution is -2.02. The maximum Gasteiger partial charge on any atom is 0.303 e. The van der Waals surface area contributed by atoms with E-state index in [1.54, 1.807) is 11.8 Å². The van der Waals surface area contributed by atoms with Crippen molar-refractivity contribution in [1.82, 2.24) is 0 Å². The molecule has 0 amide bonds. The Labute approximate surface area is 106 Å². The Morgan fingerprint density at radius 2 is 1.94 bits per heavy atom. The standard InChI is InChI=1S/C13H18O3S/c1-9-7-11(8-10(2)13(9)17-3)16-6-4-5-12(14)15/h7-8H,4-6H2,1-3H3,(H,14,15). The first-order valence-electron chi connectivity index (χ1n) is 5.54. The van der Waals surface area contributed by atoms with Crippen LogP contribution in [0.3, 0.4) is 0 Å². The van der Waals surface area contributed by atoms with E-state index in [-0.39, 0.29) is 6.42 Å². The summed E-state index contributed by atoms with van der Waals surface area (Å²) in [5.74, 6) is 0.0434. The number of benzene rings is 1. The van der Waals surface area contributed by atoms with Crippen molar-refractivity contribution in [1.29, 1.82) is 0 Å². The SMILES string of the molecule is CSc1c(C)cc(OCCCC(=O)O)cc1C. The van der Waals surface area contributed by atoms with Gasteiger partial charge in [-0.3, -0.25) is 4.79 Å². The molecule has 0 unspecified atom stereocenters. The van der Waals surface area contributed by atoms with Crippen molar-refractivity contribution in [3.8, 4) is 5.75 Å². The molecular formula is C13H18O3S. The van der Waals surface area contributed by atoms with E-state index in [2.05, 4.69) is 20.1 Å². The van der Waals surface area contributed by atoms with E-state index in [0.29, 0.717) is 13.0 Å². The Kier molecular flexibility index (Phi) is 5.35. The van der Waals surface area contributed by atoms with E-state index in [0.717, 1.165) is 5.75 Å². The second-order valence-corrected chi connectivity index (χ2v) is 4.75. The monoisotopic (exact) mass is 254 g/mol. The molecule has 0 heterocycles. The minimum atomic E-state index is -0.779. The number of aryl methyl sites for hydroxylation is 2. The van der Waals surface area contributed by atoms with Crippen LogP contribution in [0.1, 0.15) is 24.0 Å². The maximum absolute atomic E-state index is 10.3. The highest BCUT2D eigenvalue weighted by Gasteiger charge is 2.05. The van der Waals surface area contributed by atoms with Gasteiger partial charge in [-0.05, 0) is 49.8 Å². The summed E-state index contributed by atoms with van der Waals surface area (Å²) in [5.41, 5.74) is 2.40. The van der Waals surface area contributed by atoms with E-state index >= 15 is 0 Å². The molecule has 1 aromatic rings. The molecule has 17 heavy (non-hydrogen) atoms. The highest BCUT2D eigenvalue weighted by atomic mass is 32.2. The lowest BCUT2D eigenvalue weighted by atomic mass is 10.1. The maximum atomic E-state index is 10.3. The molecule has 94 valence electrons. The Balaban J connectivity index is 2.58. The predicted octanol–water partition coefficient (Wildman–Crippen LogP) is 3.27. The minimum absolute atomic E-state index is 0.154. The van der Waals surface area contributed by atoms with Crippen LogP contribution >= 0.6 is 11.8 Å². The van der Waals surface area contributed by atoms with Crippen LogP contribution in [0.5, 0.6) is 5.75 Å². The summed E-state index contributed by atoms with van der Waals surface area (Å²) in [5, 5.41) is 8.51. The van der Waals surface area contributed by atoms with Crippen molar-refractivity contribution in [2.24, 2.45) is 0 Å². The second kappa shape index (κ2) is 6.55. The first-order chi connectivity index (χ1) is 8.04. The molecule has 0 fully saturated rings. The number of hydrogen-bond acceptors (Lipinski definition) is 3. The molecule has 0 atom stereocenters. The van der Waals surface area contributed by atoms with Crippen molar-refractivity contribution in [2.45, 2.75) is 31.6 Å². The number of carbonyl (C=O) groups is 1. The van der Waals surface area contributed by atoms with E-state index in [1.165, 1.54) is 16.0 Å². The molecule has 0 aliphatic heterocycles. The molecule has 1 N–H and O–H groups in total. The van der Waals surface area contributed by atoms with Gasteiger partial charge in [0, 0.05) is 11.3 Å². The van der Waals surface area contributed by atoms with Gasteiger partial charge in [-0.1, -0.05) is 0 Å². The fourth-order valence-corrected chi connectivity index (χ4v) is 2.49. The molecule has 0 aliphatic rings. The quantitative estimate of drug-likeness (QED) is 0.625. The zero-order chi connectivity index (χ0) is 12.8. The van der Waals surface area contributed by atoms with Gasteiger partial charge in [0.25, 0.3) is 0 Å². The van der Waals surface area contributed by atoms with Crippen LogP contribution in [-0.4, -0.2) is 23.9 Å². The largest absolute Gasteiger partial charge is 0.494 e. The lowest BCUT2D eigenvalue weighted by Gasteiger charge is -2.11. The highest BCUT2D eigenvalue weighted by Crippen LogP contribution is 2.28. The Bertz CT molecular complexity index is 379. The van der Waals surface area contributed by atoms with Gasteiger partial charge in [-0.25, -0.2) is 0 Å². The first kappa shape index (κ1) is 13.9. The van der Waals surface area contributed by atoms with Gasteiger partial charge in [0.15, 0.2) is 0 Å². The summed E-state index contributed by atoms with van der Waals surface area (Å²) in [6, 6.07) is 4.00. The van der Waals surface area contributed by atoms with Crippen LogP contribution in [0, 0.1) is 13.8 Å². The predicted molar refractivity (Wildman–Crippen MR) is 70.1 cm³/mol. The van der Waals surface area contributed by atoms with Crippen LogP contribution in [0.2, 0.25) is 0 Å². The Morgan fingerprint density at radius 3 is 2.41 bits per heavy atom. The van der Waals surface area contributed by atoms with Gasteiger partial charge in [0.05, 0.1) is 6.61 Å². The number of hydrogen-bond donors (Lipinski definition) is 1. The molecule has 0 aliphatic carbocycles. The first-order valence-corrected chi connectivity index (χ1v) is 6.77. The number of ether oxygens (including phenoxy) is 1. The molecular weight excluding hydrogens is 236 g/mol. The van der Waals surface area contributed by atoms with Crippen molar-refractivity contribution < 1.29 is 14.6 Å². The van der Waals surface area contributed by atoms with Crippen LogP contribution in [0.4, 0.5) is 0 Å². The lowest BCUT2D eigenvalue weighted by molar-refractivity contribution is -0.137. The van der Waals surface area contributed by atoms with Crippen molar-refractivity contribution in [2.75, 3.05) is 12.9 Å². The van der Waals surface area contributed by atoms with Gasteiger partial charge in [0.2, 0.25) is 0 Å². The fourth-order valence-electron chi connectivity index (χ4n) is 1.73. The van der Waals surface area contributed by atoms with E-state index in [4.69, 9.17) is 9.84 Å². The van der Waals surface area contributed by atoms with Gasteiger partial charge in [-0.15, -0.1) is 11.8 Å². The molecule has 1 aromatic carbocycles. The van der Waals surface area contributed by atoms with E-state index < -0.39 is 5.97 Å². The molecule has 1 rings (SSSR count). The Hall–Kier alpha value is -1.16. The molecule has 0 spiro atoms. The van der Waals surface area contributed by atoms with Crippen LogP contribution in [-0.2, 0) is 4.79 Å². The highest BCUT2D eigenvalue weighted by molar-refractivity contribution is 7.98. The summed E-state index contributed by atoms with van der Waals surface area (Å²) in [4.78, 5) is 11.6. The number of carboxylic acids is 1. The third-order valence-electron chi connectivity index (χ3n) is 2.44. The zero-order valence-electron chi connectivity index (χ0n) is 10.4. The summed E-state index contributed by atoms with van der Waals surface area (Å²) < 4.78 is 5.54. The van der Waals surface area contributed by atoms with Crippen molar-refractivity contribution in [3.05, 3.63) is 23.3 Å². The Morgan fingerprint density at radius 1 is 1.35 bits per heavy atom. The normalized spacial score (nSPS) is 10.3. The molecule has 4 heteroatoms. The minimum Gasteiger partial charge on any atom is -0.494 e. The third kappa shape index (κ3) is 4.30. The van der Waals surface area contributed by atoms with Crippen LogP contribution in [0.15, 0.2) is 17.0 Å². The van der Waals surface area contributed by atoms with Crippen molar-refractivity contribution in [3.63, 3.8) is 0 Å². The van der Waals surface area contributed by atoms with Gasteiger partial charge in [0.1, 0.15) is 5.75 Å². The van der Waals surface area contributed by atoms with E-state index in [9.17, 15) is 4.79 Å². The van der Waals surface area contributed by atoms with Crippen LogP contribution in [0.25, 0.3) is 0 Å². The van der Waals surface area contributed by atoms with E-state index in [1.807, 2.05) is 12.1 Å². The molecule has 3 nitrogen and oxygen atoms in total. The smallest absolute Gasteiger partial charge is 0.303 e. The molecule has 0 radical (unpaired) electrons. The molecule has 0 bridgehead atoms. The average Bonchev–Trinajstić information content (AvgIpc) is 2.24. The van der Waals surface area contributed by atoms with Gasteiger partial charge >= 0.3 is 5.97 Å². The summed E-state index contributed by atoms with van der Waals surface area (Å²) in [7, 11) is 0. The second-order valence-electron chi connectivity index (χ2n) is 3.94. The average molecular weight is 254 g/mol. The number of thioether (sulfide) groups is 1. The number of aliphatic carboxylic acids is 1. The number of carboxylic acid groups (broad SMARTS) is 1. The summed E-state index contributed by atoms with van der Waals surface area (Å²) >= 11 is 1.73. The number of rotatable bonds is 6. The molecule has 0 saturated carbocycles. The van der Waals surface area contributed by atoms with Crippen LogP contribution < -0.4 is 4.74 Å². The summed E-state index contributed by atoms with van der Waals surface area (Å²) in [6.45, 7) is 4.57. The van der Waals surface area contributed by atoms with Gasteiger partial charge < -0.3 is 9.84 Å². The third-order valence-corrected chi connectivity index (χ3v) is 3.49. The topological polar surface area (TPSA) is 46.5 Å². The molecule has 0 aromatic heterocycles. The molecule has 0 saturated heterocycles. The van der Waals surface area contributed by atoms with Crippen molar-refractivity contribution >= 4 is 17.7 Å². The van der Waals surface area contributed by atoms with Gasteiger partial charge in [-0.2, -0.15) is 0 Å².